The molecule has 3 heteroatoms. The quantitative estimate of drug-likeness (QED) is 0.433. The number of fused-ring (bicyclic) bond motifs is 1. The van der Waals surface area contributed by atoms with Crippen molar-refractivity contribution in [1.29, 1.82) is 0 Å². The number of esters is 1. The zero-order chi connectivity index (χ0) is 16.9. The highest BCUT2D eigenvalue weighted by Crippen LogP contribution is 2.51. The maximum atomic E-state index is 11.7. The highest BCUT2D eigenvalue weighted by Gasteiger charge is 2.60. The van der Waals surface area contributed by atoms with E-state index in [1.807, 2.05) is 0 Å². The Bertz CT molecular complexity index is 431. The number of carbonyl (C=O) groups excluding carboxylic acids is 1. The van der Waals surface area contributed by atoms with Gasteiger partial charge in [0.05, 0.1) is 12.0 Å². The van der Waals surface area contributed by atoms with E-state index in [0.29, 0.717) is 12.3 Å². The predicted octanol–water partition coefficient (Wildman–Crippen LogP) is 5.18. The Morgan fingerprint density at radius 2 is 2.04 bits per heavy atom. The van der Waals surface area contributed by atoms with E-state index in [2.05, 4.69) is 39.8 Å². The van der Waals surface area contributed by atoms with Gasteiger partial charge in [-0.25, -0.2) is 0 Å². The fourth-order valence-electron chi connectivity index (χ4n) is 4.27. The average Bonchev–Trinajstić information content (AvgIpc) is 3.00. The number of hydrogen-bond acceptors (Lipinski definition) is 3. The molecule has 2 aliphatic heterocycles. The Balaban J connectivity index is 1.93. The fraction of sp³-hybridized carbons (Fsp3) is 0.850. The van der Waals surface area contributed by atoms with Crippen LogP contribution >= 0.6 is 0 Å². The number of hydrogen-bond donors (Lipinski definition) is 0. The van der Waals surface area contributed by atoms with E-state index in [1.54, 1.807) is 0 Å². The van der Waals surface area contributed by atoms with Gasteiger partial charge in [-0.1, -0.05) is 39.8 Å². The summed E-state index contributed by atoms with van der Waals surface area (Å²) in [5.74, 6) is 0.597. The van der Waals surface area contributed by atoms with Crippen LogP contribution in [0.25, 0.3) is 0 Å². The van der Waals surface area contributed by atoms with Crippen LogP contribution in [0.15, 0.2) is 12.2 Å². The van der Waals surface area contributed by atoms with Gasteiger partial charge in [-0.3, -0.25) is 4.79 Å². The number of carbonyl (C=O) groups is 1. The summed E-state index contributed by atoms with van der Waals surface area (Å²) in [6.07, 6.45) is 13.6. The Morgan fingerprint density at radius 1 is 1.26 bits per heavy atom. The van der Waals surface area contributed by atoms with Crippen molar-refractivity contribution in [1.82, 2.24) is 0 Å². The average molecular weight is 322 g/mol. The molecule has 2 saturated heterocycles. The van der Waals surface area contributed by atoms with Crippen molar-refractivity contribution in [3.05, 3.63) is 12.2 Å². The van der Waals surface area contributed by atoms with Crippen LogP contribution in [0.5, 0.6) is 0 Å². The lowest BCUT2D eigenvalue weighted by Gasteiger charge is -2.30. The standard InChI is InChI=1S/C20H34O3/c1-5-9-11-16(6-2)12-10-13-19(7-3)15-20(8-4)17(22-19)14-18(21)23-20/h9,11,16-17H,5-8,10,12-15H2,1-4H3/b11-9+/t16-,17+,19+,20+/m0/s1. The lowest BCUT2D eigenvalue weighted by Crippen LogP contribution is -2.35. The van der Waals surface area contributed by atoms with Crippen molar-refractivity contribution >= 4 is 5.97 Å². The molecular weight excluding hydrogens is 288 g/mol. The summed E-state index contributed by atoms with van der Waals surface area (Å²) >= 11 is 0. The van der Waals surface area contributed by atoms with Crippen molar-refractivity contribution in [2.45, 2.75) is 103 Å². The summed E-state index contributed by atoms with van der Waals surface area (Å²) in [7, 11) is 0. The first-order chi connectivity index (χ1) is 11.0. The van der Waals surface area contributed by atoms with E-state index in [9.17, 15) is 4.79 Å². The first-order valence-corrected chi connectivity index (χ1v) is 9.59. The molecule has 0 bridgehead atoms. The number of rotatable bonds is 9. The van der Waals surface area contributed by atoms with Gasteiger partial charge in [-0.15, -0.1) is 0 Å². The molecule has 23 heavy (non-hydrogen) atoms. The van der Waals surface area contributed by atoms with Crippen molar-refractivity contribution in [3.63, 3.8) is 0 Å². The monoisotopic (exact) mass is 322 g/mol. The molecule has 0 spiro atoms. The van der Waals surface area contributed by atoms with Crippen LogP contribution in [0, 0.1) is 5.92 Å². The number of allylic oxidation sites excluding steroid dienone is 2. The molecular formula is C20H34O3. The van der Waals surface area contributed by atoms with E-state index in [1.165, 1.54) is 19.3 Å². The molecule has 0 aromatic rings. The normalized spacial score (nSPS) is 34.8. The van der Waals surface area contributed by atoms with Crippen LogP contribution in [0.1, 0.15) is 85.5 Å². The molecule has 4 atom stereocenters. The van der Waals surface area contributed by atoms with E-state index < -0.39 is 0 Å². The molecule has 0 N–H and O–H groups in total. The van der Waals surface area contributed by atoms with E-state index in [-0.39, 0.29) is 23.3 Å². The third-order valence-corrected chi connectivity index (χ3v) is 5.89. The second-order valence-corrected chi connectivity index (χ2v) is 7.31. The molecule has 2 aliphatic rings. The Labute approximate surface area is 141 Å². The third kappa shape index (κ3) is 3.99. The van der Waals surface area contributed by atoms with Crippen molar-refractivity contribution in [2.24, 2.45) is 5.92 Å². The summed E-state index contributed by atoms with van der Waals surface area (Å²) in [4.78, 5) is 11.7. The minimum Gasteiger partial charge on any atom is -0.456 e. The summed E-state index contributed by atoms with van der Waals surface area (Å²) in [5, 5.41) is 0. The second kappa shape index (κ2) is 7.83. The molecule has 0 amide bonds. The van der Waals surface area contributed by atoms with Crippen LogP contribution < -0.4 is 0 Å². The van der Waals surface area contributed by atoms with Gasteiger partial charge in [-0.2, -0.15) is 0 Å². The molecule has 0 unspecified atom stereocenters. The minimum absolute atomic E-state index is 0.0260. The Morgan fingerprint density at radius 3 is 2.61 bits per heavy atom. The van der Waals surface area contributed by atoms with Crippen LogP contribution in [-0.4, -0.2) is 23.3 Å². The first kappa shape index (κ1) is 18.5. The Kier molecular flexibility index (Phi) is 6.30. The smallest absolute Gasteiger partial charge is 0.309 e. The van der Waals surface area contributed by atoms with Gasteiger partial charge in [0.15, 0.2) is 0 Å². The Hall–Kier alpha value is -0.830. The molecule has 0 aliphatic carbocycles. The van der Waals surface area contributed by atoms with Crippen molar-refractivity contribution in [3.8, 4) is 0 Å². The van der Waals surface area contributed by atoms with E-state index in [0.717, 1.165) is 32.1 Å². The third-order valence-electron chi connectivity index (χ3n) is 5.89. The van der Waals surface area contributed by atoms with Gasteiger partial charge in [0.2, 0.25) is 0 Å². The zero-order valence-electron chi connectivity index (χ0n) is 15.4. The maximum absolute atomic E-state index is 11.7. The predicted molar refractivity (Wildman–Crippen MR) is 93.3 cm³/mol. The molecule has 2 heterocycles. The molecule has 2 fully saturated rings. The zero-order valence-corrected chi connectivity index (χ0v) is 15.4. The van der Waals surface area contributed by atoms with Gasteiger partial charge >= 0.3 is 5.97 Å². The van der Waals surface area contributed by atoms with Gasteiger partial charge in [0.1, 0.15) is 11.7 Å². The van der Waals surface area contributed by atoms with Crippen LogP contribution in [0.2, 0.25) is 0 Å². The molecule has 0 aromatic heterocycles. The summed E-state index contributed by atoms with van der Waals surface area (Å²) in [6.45, 7) is 8.78. The number of ether oxygens (including phenoxy) is 2. The van der Waals surface area contributed by atoms with E-state index in [4.69, 9.17) is 9.47 Å². The second-order valence-electron chi connectivity index (χ2n) is 7.31. The van der Waals surface area contributed by atoms with Gasteiger partial charge in [0, 0.05) is 6.42 Å². The molecule has 3 nitrogen and oxygen atoms in total. The van der Waals surface area contributed by atoms with Gasteiger partial charge in [-0.05, 0) is 50.9 Å². The SMILES string of the molecule is CC/C=C/[C@H](CC)CCC[C@]1(CC)C[C@@]2(CC)OC(=O)C[C@H]2O1. The minimum atomic E-state index is -0.348. The molecule has 132 valence electrons. The fourth-order valence-corrected chi connectivity index (χ4v) is 4.27. The highest BCUT2D eigenvalue weighted by molar-refractivity contribution is 5.73. The van der Waals surface area contributed by atoms with Gasteiger partial charge < -0.3 is 9.47 Å². The van der Waals surface area contributed by atoms with Crippen LogP contribution in [0.4, 0.5) is 0 Å². The van der Waals surface area contributed by atoms with Crippen LogP contribution in [0.3, 0.4) is 0 Å². The summed E-state index contributed by atoms with van der Waals surface area (Å²) in [6, 6.07) is 0. The maximum Gasteiger partial charge on any atom is 0.309 e. The lowest BCUT2D eigenvalue weighted by atomic mass is 9.81. The van der Waals surface area contributed by atoms with Gasteiger partial charge in [0.25, 0.3) is 0 Å². The largest absolute Gasteiger partial charge is 0.456 e. The van der Waals surface area contributed by atoms with Crippen LogP contribution in [-0.2, 0) is 14.3 Å². The molecule has 2 rings (SSSR count). The van der Waals surface area contributed by atoms with E-state index >= 15 is 0 Å². The summed E-state index contributed by atoms with van der Waals surface area (Å²) in [5.41, 5.74) is -0.437. The molecule has 0 radical (unpaired) electrons. The highest BCUT2D eigenvalue weighted by atomic mass is 16.6. The lowest BCUT2D eigenvalue weighted by molar-refractivity contribution is -0.149. The molecule has 0 aromatic carbocycles. The van der Waals surface area contributed by atoms with Crippen molar-refractivity contribution in [2.75, 3.05) is 0 Å². The summed E-state index contributed by atoms with van der Waals surface area (Å²) < 4.78 is 12.1. The first-order valence-electron chi connectivity index (χ1n) is 9.59. The van der Waals surface area contributed by atoms with Crippen molar-refractivity contribution < 1.29 is 14.3 Å². The topological polar surface area (TPSA) is 35.5 Å². The molecule has 0 saturated carbocycles.